The molecule has 0 atom stereocenters. The fourth-order valence-corrected chi connectivity index (χ4v) is 4.48. The molecule has 0 unspecified atom stereocenters. The Balaban J connectivity index is 1.09. The molecule has 3 aromatic rings. The number of imide groups is 1. The largest absolute Gasteiger partial charge is 0.340 e. The normalized spacial score (nSPS) is 16.8. The van der Waals surface area contributed by atoms with Gasteiger partial charge in [-0.05, 0) is 30.7 Å². The first kappa shape index (κ1) is 20.4. The molecular formula is C24H25N5O3. The zero-order valence-electron chi connectivity index (χ0n) is 17.8. The number of piperazine rings is 1. The third-order valence-corrected chi connectivity index (χ3v) is 6.25. The third kappa shape index (κ3) is 3.78. The Bertz CT molecular complexity index is 1140. The van der Waals surface area contributed by atoms with Crippen molar-refractivity contribution >= 4 is 23.4 Å². The van der Waals surface area contributed by atoms with E-state index in [2.05, 4.69) is 14.3 Å². The summed E-state index contributed by atoms with van der Waals surface area (Å²) in [4.78, 5) is 47.4. The van der Waals surface area contributed by atoms with Gasteiger partial charge in [0.05, 0.1) is 23.0 Å². The molecule has 0 bridgehead atoms. The number of hydrogen-bond donors (Lipinski definition) is 0. The molecule has 0 radical (unpaired) electrons. The standard InChI is InChI=1S/C24H25N5O3/c30-22(9-5-11-29-23(31)19-6-1-2-7-20(19)24(29)32)27-14-12-26(13-15-27)17-18-16-25-21-8-3-4-10-28(18)21/h1-4,6-8,10,16H,5,9,11-15,17H2. The number of benzene rings is 1. The number of imidazole rings is 1. The minimum absolute atomic E-state index is 0.0797. The lowest BCUT2D eigenvalue weighted by Crippen LogP contribution is -2.48. The van der Waals surface area contributed by atoms with Gasteiger partial charge in [0.15, 0.2) is 0 Å². The van der Waals surface area contributed by atoms with Gasteiger partial charge in [0.1, 0.15) is 5.65 Å². The zero-order chi connectivity index (χ0) is 22.1. The number of carbonyl (C=O) groups excluding carboxylic acids is 3. The fraction of sp³-hybridized carbons (Fsp3) is 0.333. The van der Waals surface area contributed by atoms with Crippen molar-refractivity contribution in [3.63, 3.8) is 0 Å². The summed E-state index contributed by atoms with van der Waals surface area (Å²) in [6.45, 7) is 4.05. The number of nitrogens with zero attached hydrogens (tertiary/aromatic N) is 5. The molecule has 8 heteroatoms. The summed E-state index contributed by atoms with van der Waals surface area (Å²) >= 11 is 0. The molecule has 1 fully saturated rings. The van der Waals surface area contributed by atoms with Crippen LogP contribution in [-0.2, 0) is 11.3 Å². The maximum atomic E-state index is 12.7. The van der Waals surface area contributed by atoms with E-state index in [1.165, 1.54) is 4.90 Å². The summed E-state index contributed by atoms with van der Waals surface area (Å²) in [6, 6.07) is 12.8. The van der Waals surface area contributed by atoms with Crippen LogP contribution < -0.4 is 0 Å². The SMILES string of the molecule is O=C(CCCN1C(=O)c2ccccc2C1=O)N1CCN(Cc2cnc3ccccn23)CC1. The quantitative estimate of drug-likeness (QED) is 0.559. The van der Waals surface area contributed by atoms with Crippen molar-refractivity contribution in [2.24, 2.45) is 0 Å². The lowest BCUT2D eigenvalue weighted by atomic mass is 10.1. The first-order chi connectivity index (χ1) is 15.6. The van der Waals surface area contributed by atoms with Crippen LogP contribution in [0.3, 0.4) is 0 Å². The second kappa shape index (κ2) is 8.55. The lowest BCUT2D eigenvalue weighted by Gasteiger charge is -2.34. The maximum absolute atomic E-state index is 12.7. The van der Waals surface area contributed by atoms with E-state index in [1.807, 2.05) is 35.5 Å². The summed E-state index contributed by atoms with van der Waals surface area (Å²) in [5, 5.41) is 0. The molecule has 2 aliphatic heterocycles. The Morgan fingerprint density at radius 2 is 1.59 bits per heavy atom. The van der Waals surface area contributed by atoms with Gasteiger partial charge in [0.2, 0.25) is 5.91 Å². The molecule has 2 aliphatic rings. The number of carbonyl (C=O) groups is 3. The Morgan fingerprint density at radius 3 is 2.31 bits per heavy atom. The van der Waals surface area contributed by atoms with E-state index in [-0.39, 0.29) is 24.3 Å². The highest BCUT2D eigenvalue weighted by atomic mass is 16.2. The van der Waals surface area contributed by atoms with E-state index in [4.69, 9.17) is 0 Å². The van der Waals surface area contributed by atoms with Gasteiger partial charge in [-0.3, -0.25) is 24.2 Å². The van der Waals surface area contributed by atoms with E-state index in [0.29, 0.717) is 37.1 Å². The Morgan fingerprint density at radius 1 is 0.906 bits per heavy atom. The summed E-state index contributed by atoms with van der Waals surface area (Å²) in [6.07, 6.45) is 4.74. The van der Waals surface area contributed by atoms with Crippen LogP contribution in [0.5, 0.6) is 0 Å². The predicted octanol–water partition coefficient (Wildman–Crippen LogP) is 2.05. The van der Waals surface area contributed by atoms with Crippen molar-refractivity contribution in [1.82, 2.24) is 24.1 Å². The second-order valence-corrected chi connectivity index (χ2v) is 8.25. The van der Waals surface area contributed by atoms with E-state index >= 15 is 0 Å². The minimum atomic E-state index is -0.265. The Hall–Kier alpha value is -3.52. The average molecular weight is 431 g/mol. The van der Waals surface area contributed by atoms with Crippen LogP contribution in [0, 0.1) is 0 Å². The number of amides is 3. The monoisotopic (exact) mass is 431 g/mol. The van der Waals surface area contributed by atoms with Crippen molar-refractivity contribution in [3.8, 4) is 0 Å². The lowest BCUT2D eigenvalue weighted by molar-refractivity contribution is -0.133. The summed E-state index contributed by atoms with van der Waals surface area (Å²) in [7, 11) is 0. The summed E-state index contributed by atoms with van der Waals surface area (Å²) in [5.74, 6) is -0.450. The van der Waals surface area contributed by atoms with Gasteiger partial charge in [-0.2, -0.15) is 0 Å². The molecule has 2 aromatic heterocycles. The molecule has 0 aliphatic carbocycles. The number of aromatic nitrogens is 2. The number of rotatable bonds is 6. The number of hydrogen-bond acceptors (Lipinski definition) is 5. The van der Waals surface area contributed by atoms with Gasteiger partial charge in [-0.1, -0.05) is 18.2 Å². The maximum Gasteiger partial charge on any atom is 0.261 e. The fourth-order valence-electron chi connectivity index (χ4n) is 4.48. The van der Waals surface area contributed by atoms with Crippen LogP contribution >= 0.6 is 0 Å². The molecule has 32 heavy (non-hydrogen) atoms. The highest BCUT2D eigenvalue weighted by Gasteiger charge is 2.34. The van der Waals surface area contributed by atoms with E-state index in [1.54, 1.807) is 24.3 Å². The van der Waals surface area contributed by atoms with Crippen molar-refractivity contribution < 1.29 is 14.4 Å². The van der Waals surface area contributed by atoms with Crippen LogP contribution in [0.1, 0.15) is 39.3 Å². The van der Waals surface area contributed by atoms with Crippen molar-refractivity contribution in [2.45, 2.75) is 19.4 Å². The van der Waals surface area contributed by atoms with Crippen LogP contribution in [-0.4, -0.2) is 74.5 Å². The first-order valence-corrected chi connectivity index (χ1v) is 11.0. The zero-order valence-corrected chi connectivity index (χ0v) is 17.8. The van der Waals surface area contributed by atoms with E-state index < -0.39 is 0 Å². The van der Waals surface area contributed by atoms with Crippen molar-refractivity contribution in [3.05, 3.63) is 71.7 Å². The molecule has 1 saturated heterocycles. The van der Waals surface area contributed by atoms with Crippen molar-refractivity contribution in [2.75, 3.05) is 32.7 Å². The first-order valence-electron chi connectivity index (χ1n) is 11.0. The smallest absolute Gasteiger partial charge is 0.261 e. The molecule has 164 valence electrons. The summed E-state index contributed by atoms with van der Waals surface area (Å²) < 4.78 is 2.09. The highest BCUT2D eigenvalue weighted by molar-refractivity contribution is 6.21. The number of pyridine rings is 1. The van der Waals surface area contributed by atoms with Crippen LogP contribution in [0.4, 0.5) is 0 Å². The molecular weight excluding hydrogens is 406 g/mol. The Kier molecular flexibility index (Phi) is 5.45. The average Bonchev–Trinajstić information content (AvgIpc) is 3.34. The predicted molar refractivity (Wildman–Crippen MR) is 118 cm³/mol. The molecule has 4 heterocycles. The van der Waals surface area contributed by atoms with Gasteiger partial charge in [-0.15, -0.1) is 0 Å². The molecule has 0 N–H and O–H groups in total. The van der Waals surface area contributed by atoms with Gasteiger partial charge in [0, 0.05) is 51.9 Å². The van der Waals surface area contributed by atoms with Gasteiger partial charge in [0.25, 0.3) is 11.8 Å². The number of fused-ring (bicyclic) bond motifs is 2. The molecule has 8 nitrogen and oxygen atoms in total. The topological polar surface area (TPSA) is 78.2 Å². The van der Waals surface area contributed by atoms with E-state index in [0.717, 1.165) is 31.0 Å². The molecule has 3 amide bonds. The van der Waals surface area contributed by atoms with Crippen LogP contribution in [0.15, 0.2) is 54.9 Å². The van der Waals surface area contributed by atoms with Crippen LogP contribution in [0.2, 0.25) is 0 Å². The Labute approximate surface area is 186 Å². The van der Waals surface area contributed by atoms with E-state index in [9.17, 15) is 14.4 Å². The van der Waals surface area contributed by atoms with Gasteiger partial charge < -0.3 is 9.30 Å². The molecule has 1 aromatic carbocycles. The summed E-state index contributed by atoms with van der Waals surface area (Å²) in [5.41, 5.74) is 2.98. The van der Waals surface area contributed by atoms with Crippen molar-refractivity contribution in [1.29, 1.82) is 0 Å². The molecule has 0 spiro atoms. The molecule has 0 saturated carbocycles. The minimum Gasteiger partial charge on any atom is -0.340 e. The van der Waals surface area contributed by atoms with Gasteiger partial charge in [-0.25, -0.2) is 4.98 Å². The van der Waals surface area contributed by atoms with Gasteiger partial charge >= 0.3 is 0 Å². The highest BCUT2D eigenvalue weighted by Crippen LogP contribution is 2.22. The third-order valence-electron chi connectivity index (χ3n) is 6.25. The van der Waals surface area contributed by atoms with Crippen LogP contribution in [0.25, 0.3) is 5.65 Å². The second-order valence-electron chi connectivity index (χ2n) is 8.25. The molecule has 5 rings (SSSR count).